The lowest BCUT2D eigenvalue weighted by atomic mass is 10.3. The molecule has 12 heavy (non-hydrogen) atoms. The Hall–Kier alpha value is -1.15. The van der Waals surface area contributed by atoms with Gasteiger partial charge in [0.05, 0.1) is 0 Å². The van der Waals surface area contributed by atoms with Crippen molar-refractivity contribution < 1.29 is 4.79 Å². The first kappa shape index (κ1) is 8.94. The van der Waals surface area contributed by atoms with Crippen LogP contribution in [0.1, 0.15) is 6.42 Å². The molecule has 1 aromatic heterocycles. The van der Waals surface area contributed by atoms with E-state index in [1.807, 2.05) is 0 Å². The fourth-order valence-corrected chi connectivity index (χ4v) is 0.932. The van der Waals surface area contributed by atoms with Gasteiger partial charge in [-0.25, -0.2) is 9.97 Å². The van der Waals surface area contributed by atoms with Gasteiger partial charge in [-0.15, -0.1) is 0 Å². The molecular weight excluding hydrogens is 173 g/mol. The van der Waals surface area contributed by atoms with Crippen LogP contribution in [0.2, 0.25) is 0 Å². The summed E-state index contributed by atoms with van der Waals surface area (Å²) in [4.78, 5) is 22.1. The number of aromatic nitrogens is 2. The molecule has 0 fully saturated rings. The predicted octanol–water partition coefficient (Wildman–Crippen LogP) is -1.13. The normalized spacial score (nSPS) is 13.5. The number of nitrogens with zero attached hydrogens (tertiary/aromatic N) is 3. The third-order valence-electron chi connectivity index (χ3n) is 1.45. The molecule has 4 nitrogen and oxygen atoms in total. The molecule has 1 aliphatic rings. The zero-order valence-electron chi connectivity index (χ0n) is 6.40. The van der Waals surface area contributed by atoms with Gasteiger partial charge in [0, 0.05) is 17.8 Å². The second-order valence-electron chi connectivity index (χ2n) is 2.22. The summed E-state index contributed by atoms with van der Waals surface area (Å²) in [7, 11) is 0. The average molecular weight is 181 g/mol. The summed E-state index contributed by atoms with van der Waals surface area (Å²) in [6, 6.07) is 0. The van der Waals surface area contributed by atoms with E-state index in [-0.39, 0.29) is 15.8 Å². The average Bonchev–Trinajstić information content (AvgIpc) is 2.04. The molecule has 0 N–H and O–H groups in total. The molecule has 62 valence electrons. The SMILES string of the molecule is O=C1CC=c2cncnc2=N1.P. The zero-order valence-corrected chi connectivity index (χ0v) is 7.81. The Morgan fingerprint density at radius 2 is 2.25 bits per heavy atom. The van der Waals surface area contributed by atoms with Gasteiger partial charge in [0.1, 0.15) is 6.33 Å². The van der Waals surface area contributed by atoms with E-state index in [1.54, 1.807) is 12.3 Å². The summed E-state index contributed by atoms with van der Waals surface area (Å²) in [5.74, 6) is -0.142. The number of hydrogen-bond acceptors (Lipinski definition) is 3. The minimum Gasteiger partial charge on any atom is -0.272 e. The van der Waals surface area contributed by atoms with E-state index < -0.39 is 0 Å². The highest BCUT2D eigenvalue weighted by Crippen LogP contribution is 1.86. The van der Waals surface area contributed by atoms with E-state index in [2.05, 4.69) is 15.0 Å². The number of carbonyl (C=O) groups excluding carboxylic acids is 1. The first-order valence-electron chi connectivity index (χ1n) is 3.24. The molecule has 1 atom stereocenters. The molecule has 1 unspecified atom stereocenters. The molecule has 0 spiro atoms. The number of carbonyl (C=O) groups is 1. The quantitative estimate of drug-likeness (QED) is 0.475. The van der Waals surface area contributed by atoms with Crippen LogP contribution in [0.3, 0.4) is 0 Å². The molecule has 5 heteroatoms. The van der Waals surface area contributed by atoms with Crippen LogP contribution >= 0.6 is 9.90 Å². The number of amides is 1. The van der Waals surface area contributed by atoms with E-state index in [1.165, 1.54) is 6.33 Å². The van der Waals surface area contributed by atoms with Crippen LogP contribution in [0, 0.1) is 0 Å². The van der Waals surface area contributed by atoms with Crippen molar-refractivity contribution in [3.8, 4) is 0 Å². The molecule has 2 rings (SSSR count). The Bertz CT molecular complexity index is 415. The van der Waals surface area contributed by atoms with Crippen molar-refractivity contribution in [1.82, 2.24) is 9.97 Å². The summed E-state index contributed by atoms with van der Waals surface area (Å²) >= 11 is 0. The van der Waals surface area contributed by atoms with Crippen LogP contribution in [0.25, 0.3) is 6.08 Å². The van der Waals surface area contributed by atoms with Crippen molar-refractivity contribution >= 4 is 21.9 Å². The molecule has 2 heterocycles. The highest BCUT2D eigenvalue weighted by Gasteiger charge is 2.01. The predicted molar refractivity (Wildman–Crippen MR) is 48.0 cm³/mol. The van der Waals surface area contributed by atoms with Crippen molar-refractivity contribution in [1.29, 1.82) is 0 Å². The highest BCUT2D eigenvalue weighted by molar-refractivity contribution is 6.92. The molecule has 0 radical (unpaired) electrons. The molecule has 0 aliphatic carbocycles. The summed E-state index contributed by atoms with van der Waals surface area (Å²) in [6.45, 7) is 0. The van der Waals surface area contributed by atoms with Gasteiger partial charge in [-0.3, -0.25) is 4.79 Å². The van der Waals surface area contributed by atoms with E-state index in [0.29, 0.717) is 11.9 Å². The van der Waals surface area contributed by atoms with Gasteiger partial charge in [-0.05, 0) is 0 Å². The minimum atomic E-state index is -0.142. The van der Waals surface area contributed by atoms with Gasteiger partial charge in [-0.1, -0.05) is 6.08 Å². The standard InChI is InChI=1S/C7H5N3O.H3P/c11-6-2-1-5-3-8-4-9-7(5)10-6;/h1,3-4H,2H2;1H3. The monoisotopic (exact) mass is 181 g/mol. The van der Waals surface area contributed by atoms with E-state index >= 15 is 0 Å². The van der Waals surface area contributed by atoms with Gasteiger partial charge < -0.3 is 0 Å². The van der Waals surface area contributed by atoms with Crippen molar-refractivity contribution in [3.05, 3.63) is 23.2 Å². The van der Waals surface area contributed by atoms with Crippen LogP contribution in [0.15, 0.2) is 17.5 Å². The van der Waals surface area contributed by atoms with Gasteiger partial charge in [0.15, 0.2) is 5.49 Å². The van der Waals surface area contributed by atoms with Gasteiger partial charge in [0.2, 0.25) is 0 Å². The third-order valence-corrected chi connectivity index (χ3v) is 1.45. The first-order chi connectivity index (χ1) is 5.36. The fraction of sp³-hybridized carbons (Fsp3) is 0.143. The molecule has 1 amide bonds. The van der Waals surface area contributed by atoms with E-state index in [9.17, 15) is 4.79 Å². The van der Waals surface area contributed by atoms with Crippen LogP contribution in [0.5, 0.6) is 0 Å². The van der Waals surface area contributed by atoms with E-state index in [0.717, 1.165) is 5.22 Å². The lowest BCUT2D eigenvalue weighted by molar-refractivity contribution is -0.117. The molecule has 1 aromatic rings. The fourth-order valence-electron chi connectivity index (χ4n) is 0.932. The maximum absolute atomic E-state index is 10.8. The largest absolute Gasteiger partial charge is 0.272 e. The Balaban J connectivity index is 0.000000720. The topological polar surface area (TPSA) is 55.2 Å². The Labute approximate surface area is 72.1 Å². The maximum atomic E-state index is 10.8. The summed E-state index contributed by atoms with van der Waals surface area (Å²) in [5, 5.41) is 0.840. The summed E-state index contributed by atoms with van der Waals surface area (Å²) in [5.41, 5.74) is 0.483. The summed E-state index contributed by atoms with van der Waals surface area (Å²) in [6.07, 6.45) is 5.18. The Morgan fingerprint density at radius 1 is 1.42 bits per heavy atom. The molecule has 1 aliphatic heterocycles. The first-order valence-corrected chi connectivity index (χ1v) is 3.24. The molecular formula is C7H8N3OP. The highest BCUT2D eigenvalue weighted by atomic mass is 31.0. The van der Waals surface area contributed by atoms with Crippen LogP contribution < -0.4 is 10.7 Å². The van der Waals surface area contributed by atoms with Gasteiger partial charge in [0.25, 0.3) is 5.91 Å². The lowest BCUT2D eigenvalue weighted by Gasteiger charge is -1.94. The van der Waals surface area contributed by atoms with Crippen molar-refractivity contribution in [3.63, 3.8) is 0 Å². The lowest BCUT2D eigenvalue weighted by Crippen LogP contribution is -2.32. The third kappa shape index (κ3) is 1.53. The molecule has 0 bridgehead atoms. The Kier molecular flexibility index (Phi) is 2.61. The second-order valence-corrected chi connectivity index (χ2v) is 2.22. The maximum Gasteiger partial charge on any atom is 0.251 e. The molecule has 0 saturated heterocycles. The van der Waals surface area contributed by atoms with Crippen molar-refractivity contribution in [2.75, 3.05) is 0 Å². The van der Waals surface area contributed by atoms with Gasteiger partial charge in [-0.2, -0.15) is 14.9 Å². The van der Waals surface area contributed by atoms with Crippen LogP contribution in [-0.2, 0) is 4.79 Å². The van der Waals surface area contributed by atoms with Gasteiger partial charge >= 0.3 is 0 Å². The number of fused-ring (bicyclic) bond motifs is 1. The number of hydrogen-bond donors (Lipinski definition) is 0. The second kappa shape index (κ2) is 3.50. The Morgan fingerprint density at radius 3 is 3.08 bits per heavy atom. The zero-order chi connectivity index (χ0) is 7.68. The van der Waals surface area contributed by atoms with Crippen molar-refractivity contribution in [2.45, 2.75) is 6.42 Å². The van der Waals surface area contributed by atoms with Crippen LogP contribution in [0.4, 0.5) is 0 Å². The van der Waals surface area contributed by atoms with E-state index in [4.69, 9.17) is 0 Å². The smallest absolute Gasteiger partial charge is 0.251 e. The minimum absolute atomic E-state index is 0. The number of rotatable bonds is 0. The summed E-state index contributed by atoms with van der Waals surface area (Å²) < 4.78 is 0. The molecule has 0 aromatic carbocycles. The van der Waals surface area contributed by atoms with Crippen molar-refractivity contribution in [2.24, 2.45) is 4.99 Å². The molecule has 0 saturated carbocycles. The van der Waals surface area contributed by atoms with Crippen LogP contribution in [-0.4, -0.2) is 15.9 Å².